The van der Waals surface area contributed by atoms with Gasteiger partial charge in [-0.3, -0.25) is 0 Å². The van der Waals surface area contributed by atoms with Gasteiger partial charge in [-0.1, -0.05) is 0 Å². The highest BCUT2D eigenvalue weighted by atomic mass is 32.2. The van der Waals surface area contributed by atoms with Crippen LogP contribution in [0.25, 0.3) is 10.9 Å². The molecule has 0 spiro atoms. The summed E-state index contributed by atoms with van der Waals surface area (Å²) in [7, 11) is -1.76. The number of benzene rings is 1. The van der Waals surface area contributed by atoms with Crippen molar-refractivity contribution < 1.29 is 27.2 Å². The highest BCUT2D eigenvalue weighted by Crippen LogP contribution is 2.34. The molecule has 0 aliphatic carbocycles. The SMILES string of the molecule is CCOC(=O)c1c(C)n(C)c2cc(S(=O)(=O)[O-])c(OC)cc12. The molecule has 0 atom stereocenters. The predicted octanol–water partition coefficient (Wildman–Crippen LogP) is 1.58. The Hall–Kier alpha value is -2.06. The Labute approximate surface area is 128 Å². The second-order valence-corrected chi connectivity index (χ2v) is 6.06. The maximum atomic E-state index is 12.1. The number of rotatable bonds is 4. The lowest BCUT2D eigenvalue weighted by molar-refractivity contribution is 0.0527. The van der Waals surface area contributed by atoms with E-state index in [1.165, 1.54) is 19.2 Å². The third-order valence-electron chi connectivity index (χ3n) is 3.53. The van der Waals surface area contributed by atoms with Gasteiger partial charge in [0.15, 0.2) is 0 Å². The first-order valence-electron chi connectivity index (χ1n) is 6.52. The lowest BCUT2D eigenvalue weighted by Gasteiger charge is -2.13. The van der Waals surface area contributed by atoms with Crippen molar-refractivity contribution in [3.05, 3.63) is 23.4 Å². The molecule has 0 amide bonds. The zero-order chi connectivity index (χ0) is 16.7. The Bertz CT molecular complexity index is 850. The number of aryl methyl sites for hydroxylation is 1. The van der Waals surface area contributed by atoms with Crippen molar-refractivity contribution in [1.29, 1.82) is 0 Å². The molecule has 22 heavy (non-hydrogen) atoms. The first-order chi connectivity index (χ1) is 10.2. The molecule has 1 aromatic heterocycles. The lowest BCUT2D eigenvalue weighted by atomic mass is 10.1. The monoisotopic (exact) mass is 326 g/mol. The third-order valence-corrected chi connectivity index (χ3v) is 4.38. The molecule has 0 aliphatic heterocycles. The number of ether oxygens (including phenoxy) is 2. The summed E-state index contributed by atoms with van der Waals surface area (Å²) in [6.07, 6.45) is 0. The van der Waals surface area contributed by atoms with Crippen LogP contribution in [0.4, 0.5) is 0 Å². The Morgan fingerprint density at radius 2 is 2.00 bits per heavy atom. The predicted molar refractivity (Wildman–Crippen MR) is 78.1 cm³/mol. The molecule has 120 valence electrons. The van der Waals surface area contributed by atoms with Crippen LogP contribution in [0.2, 0.25) is 0 Å². The molecular weight excluding hydrogens is 310 g/mol. The largest absolute Gasteiger partial charge is 0.744 e. The van der Waals surface area contributed by atoms with Crippen LogP contribution >= 0.6 is 0 Å². The van der Waals surface area contributed by atoms with Crippen LogP contribution in [0.5, 0.6) is 5.75 Å². The van der Waals surface area contributed by atoms with Crippen molar-refractivity contribution >= 4 is 27.0 Å². The van der Waals surface area contributed by atoms with Crippen LogP contribution in [0.15, 0.2) is 17.0 Å². The Morgan fingerprint density at radius 3 is 2.50 bits per heavy atom. The molecule has 2 aromatic rings. The van der Waals surface area contributed by atoms with Gasteiger partial charge in [-0.2, -0.15) is 0 Å². The standard InChI is InChI=1S/C14H17NO6S/c1-5-21-14(16)13-8(2)15(3)10-7-12(22(17,18)19)11(20-4)6-9(10)13/h6-7H,5H2,1-4H3,(H,17,18,19)/p-1. The number of methoxy groups -OCH3 is 1. The molecule has 0 saturated carbocycles. The van der Waals surface area contributed by atoms with Crippen LogP contribution in [-0.4, -0.2) is 37.2 Å². The van der Waals surface area contributed by atoms with Crippen molar-refractivity contribution in [1.82, 2.24) is 4.57 Å². The Morgan fingerprint density at radius 1 is 1.36 bits per heavy atom. The summed E-state index contributed by atoms with van der Waals surface area (Å²) in [5.74, 6) is -0.607. The molecule has 2 rings (SSSR count). The minimum atomic E-state index is -4.69. The van der Waals surface area contributed by atoms with E-state index in [1.54, 1.807) is 25.5 Å². The van der Waals surface area contributed by atoms with Gasteiger partial charge in [0.25, 0.3) is 0 Å². The van der Waals surface area contributed by atoms with Gasteiger partial charge < -0.3 is 18.6 Å². The van der Waals surface area contributed by atoms with Gasteiger partial charge in [0.05, 0.1) is 29.7 Å². The summed E-state index contributed by atoms with van der Waals surface area (Å²) < 4.78 is 45.7. The van der Waals surface area contributed by atoms with E-state index in [1.807, 2.05) is 0 Å². The summed E-state index contributed by atoms with van der Waals surface area (Å²) in [4.78, 5) is 11.7. The molecule has 0 radical (unpaired) electrons. The third kappa shape index (κ3) is 2.55. The number of nitrogens with zero attached hydrogens (tertiary/aromatic N) is 1. The Kier molecular flexibility index (Phi) is 4.17. The van der Waals surface area contributed by atoms with E-state index >= 15 is 0 Å². The summed E-state index contributed by atoms with van der Waals surface area (Å²) in [5, 5.41) is 0.475. The summed E-state index contributed by atoms with van der Waals surface area (Å²) in [6.45, 7) is 3.63. The fraction of sp³-hybridized carbons (Fsp3) is 0.357. The summed E-state index contributed by atoms with van der Waals surface area (Å²) in [6, 6.07) is 2.59. The number of carbonyl (C=O) groups is 1. The summed E-state index contributed by atoms with van der Waals surface area (Å²) >= 11 is 0. The van der Waals surface area contributed by atoms with Gasteiger partial charge in [0.2, 0.25) is 0 Å². The molecule has 7 nitrogen and oxygen atoms in total. The van der Waals surface area contributed by atoms with Crippen molar-refractivity contribution in [3.8, 4) is 5.75 Å². The molecule has 8 heteroatoms. The van der Waals surface area contributed by atoms with Gasteiger partial charge in [-0.05, 0) is 26.0 Å². The topological polar surface area (TPSA) is 97.7 Å². The van der Waals surface area contributed by atoms with Gasteiger partial charge in [0, 0.05) is 18.1 Å². The van der Waals surface area contributed by atoms with E-state index in [9.17, 15) is 17.8 Å². The van der Waals surface area contributed by atoms with Crippen LogP contribution < -0.4 is 4.74 Å². The maximum absolute atomic E-state index is 12.1. The van der Waals surface area contributed by atoms with E-state index in [4.69, 9.17) is 9.47 Å². The van der Waals surface area contributed by atoms with E-state index in [-0.39, 0.29) is 12.4 Å². The normalized spacial score (nSPS) is 11.7. The van der Waals surface area contributed by atoms with E-state index < -0.39 is 21.0 Å². The van der Waals surface area contributed by atoms with Crippen LogP contribution in [0, 0.1) is 6.92 Å². The van der Waals surface area contributed by atoms with Crippen LogP contribution in [0.1, 0.15) is 23.0 Å². The molecule has 0 unspecified atom stereocenters. The molecule has 0 bridgehead atoms. The minimum absolute atomic E-state index is 0.0985. The second kappa shape index (κ2) is 5.62. The van der Waals surface area contributed by atoms with Gasteiger partial charge in [-0.15, -0.1) is 0 Å². The maximum Gasteiger partial charge on any atom is 0.340 e. The highest BCUT2D eigenvalue weighted by molar-refractivity contribution is 7.85. The zero-order valence-corrected chi connectivity index (χ0v) is 13.5. The number of hydrogen-bond acceptors (Lipinski definition) is 6. The number of aromatic nitrogens is 1. The number of hydrogen-bond donors (Lipinski definition) is 0. The van der Waals surface area contributed by atoms with Gasteiger partial charge >= 0.3 is 5.97 Å². The Balaban J connectivity index is 2.87. The quantitative estimate of drug-likeness (QED) is 0.625. The molecule has 0 fully saturated rings. The average Bonchev–Trinajstić information content (AvgIpc) is 2.68. The van der Waals surface area contributed by atoms with Crippen molar-refractivity contribution in [2.75, 3.05) is 13.7 Å². The summed E-state index contributed by atoms with van der Waals surface area (Å²) in [5.41, 5.74) is 1.37. The van der Waals surface area contributed by atoms with Crippen molar-refractivity contribution in [3.63, 3.8) is 0 Å². The zero-order valence-electron chi connectivity index (χ0n) is 12.7. The molecular formula is C14H16NO6S-. The number of carbonyl (C=O) groups excluding carboxylic acids is 1. The van der Waals surface area contributed by atoms with Gasteiger partial charge in [-0.25, -0.2) is 13.2 Å². The molecule has 1 aromatic carbocycles. The molecule has 0 N–H and O–H groups in total. The molecule has 1 heterocycles. The van der Waals surface area contributed by atoms with E-state index in [2.05, 4.69) is 0 Å². The van der Waals surface area contributed by atoms with E-state index in [0.717, 1.165) is 0 Å². The molecule has 0 saturated heterocycles. The first kappa shape index (κ1) is 16.3. The second-order valence-electron chi connectivity index (χ2n) is 4.71. The highest BCUT2D eigenvalue weighted by Gasteiger charge is 2.23. The smallest absolute Gasteiger partial charge is 0.340 e. The number of fused-ring (bicyclic) bond motifs is 1. The minimum Gasteiger partial charge on any atom is -0.744 e. The fourth-order valence-electron chi connectivity index (χ4n) is 2.39. The van der Waals surface area contributed by atoms with E-state index in [0.29, 0.717) is 22.2 Å². The van der Waals surface area contributed by atoms with Gasteiger partial charge in [0.1, 0.15) is 15.9 Å². The number of esters is 1. The lowest BCUT2D eigenvalue weighted by Crippen LogP contribution is -2.06. The van der Waals surface area contributed by atoms with Crippen LogP contribution in [-0.2, 0) is 21.9 Å². The van der Waals surface area contributed by atoms with Crippen molar-refractivity contribution in [2.45, 2.75) is 18.7 Å². The first-order valence-corrected chi connectivity index (χ1v) is 7.93. The fourth-order valence-corrected chi connectivity index (χ4v) is 3.03. The van der Waals surface area contributed by atoms with Crippen LogP contribution in [0.3, 0.4) is 0 Å². The molecule has 0 aliphatic rings. The van der Waals surface area contributed by atoms with Crippen molar-refractivity contribution in [2.24, 2.45) is 7.05 Å². The average molecular weight is 326 g/mol.